The molecular formula is C40H32N4O. The van der Waals surface area contributed by atoms with Gasteiger partial charge in [0.25, 0.3) is 0 Å². The maximum absolute atomic E-state index is 6.63. The lowest BCUT2D eigenvalue weighted by atomic mass is 9.74. The van der Waals surface area contributed by atoms with Gasteiger partial charge >= 0.3 is 0 Å². The fourth-order valence-electron chi connectivity index (χ4n) is 7.65. The Morgan fingerprint density at radius 1 is 0.556 bits per heavy atom. The number of aromatic nitrogens is 3. The molecule has 5 heteroatoms. The predicted molar refractivity (Wildman–Crippen MR) is 182 cm³/mol. The normalized spacial score (nSPS) is 15.4. The van der Waals surface area contributed by atoms with Crippen molar-refractivity contribution < 1.29 is 4.74 Å². The molecule has 0 aliphatic carbocycles. The third kappa shape index (κ3) is 3.55. The number of hydrogen-bond acceptors (Lipinski definition) is 4. The van der Waals surface area contributed by atoms with Gasteiger partial charge in [-0.25, -0.2) is 9.97 Å². The third-order valence-electron chi connectivity index (χ3n) is 9.91. The third-order valence-corrected chi connectivity index (χ3v) is 9.91. The van der Waals surface area contributed by atoms with E-state index in [1.165, 1.54) is 38.5 Å². The number of ether oxygens (including phenoxy) is 1. The topological polar surface area (TPSA) is 43.2 Å². The van der Waals surface area contributed by atoms with E-state index in [1.807, 2.05) is 30.6 Å². The molecular weight excluding hydrogens is 552 g/mol. The molecule has 0 spiro atoms. The molecule has 218 valence electrons. The highest BCUT2D eigenvalue weighted by atomic mass is 16.5. The minimum Gasteiger partial charge on any atom is -0.457 e. The van der Waals surface area contributed by atoms with Crippen LogP contribution in [0.2, 0.25) is 0 Å². The van der Waals surface area contributed by atoms with Crippen molar-refractivity contribution in [2.24, 2.45) is 0 Å². The van der Waals surface area contributed by atoms with E-state index in [0.717, 1.165) is 40.0 Å². The molecule has 0 atom stereocenters. The summed E-state index contributed by atoms with van der Waals surface area (Å²) in [7, 11) is 0. The van der Waals surface area contributed by atoms with Crippen LogP contribution in [0.3, 0.4) is 0 Å². The van der Waals surface area contributed by atoms with Crippen molar-refractivity contribution in [3.8, 4) is 17.3 Å². The zero-order valence-corrected chi connectivity index (χ0v) is 25.7. The molecule has 45 heavy (non-hydrogen) atoms. The Labute approximate surface area is 262 Å². The molecule has 0 fully saturated rings. The first-order chi connectivity index (χ1) is 21.8. The van der Waals surface area contributed by atoms with Crippen molar-refractivity contribution in [3.63, 3.8) is 0 Å². The van der Waals surface area contributed by atoms with Gasteiger partial charge < -0.3 is 4.74 Å². The van der Waals surface area contributed by atoms with Crippen LogP contribution in [0.4, 0.5) is 17.2 Å². The minimum atomic E-state index is -0.163. The van der Waals surface area contributed by atoms with Crippen molar-refractivity contribution in [2.45, 2.75) is 38.5 Å². The van der Waals surface area contributed by atoms with Gasteiger partial charge in [0.2, 0.25) is 0 Å². The van der Waals surface area contributed by atoms with Gasteiger partial charge in [0.1, 0.15) is 23.1 Å². The van der Waals surface area contributed by atoms with Gasteiger partial charge in [0.15, 0.2) is 0 Å². The Morgan fingerprint density at radius 3 is 2.07 bits per heavy atom. The standard InChI is InChI=1S/C40H32N4O/c1-39(2)30-14-5-6-18-34(30)43(37-32(39)16-9-21-41-37)25-11-7-12-26(23-25)45-27-19-20-28-29-13-8-15-31-36(29)44(35(28)24-27)38-33(40(31,3)4)17-10-22-42-38/h5-24H,1-4H3. The summed E-state index contributed by atoms with van der Waals surface area (Å²) in [5, 5.41) is 2.43. The highest BCUT2D eigenvalue weighted by Crippen LogP contribution is 2.51. The average molecular weight is 585 g/mol. The van der Waals surface area contributed by atoms with E-state index in [0.29, 0.717) is 0 Å². The number of fused-ring (bicyclic) bond motifs is 7. The quantitative estimate of drug-likeness (QED) is 0.207. The van der Waals surface area contributed by atoms with Gasteiger partial charge in [-0.1, -0.05) is 82.3 Å². The van der Waals surface area contributed by atoms with Crippen LogP contribution < -0.4 is 9.64 Å². The number of hydrogen-bond donors (Lipinski definition) is 0. The fourth-order valence-corrected chi connectivity index (χ4v) is 7.65. The molecule has 9 rings (SSSR count). The van der Waals surface area contributed by atoms with Crippen molar-refractivity contribution in [1.82, 2.24) is 14.5 Å². The summed E-state index contributed by atoms with van der Waals surface area (Å²) in [4.78, 5) is 12.0. The molecule has 5 nitrogen and oxygen atoms in total. The van der Waals surface area contributed by atoms with Gasteiger partial charge in [-0.15, -0.1) is 0 Å². The summed E-state index contributed by atoms with van der Waals surface area (Å²) >= 11 is 0. The van der Waals surface area contributed by atoms with Gasteiger partial charge in [-0.2, -0.15) is 0 Å². The van der Waals surface area contributed by atoms with Crippen LogP contribution >= 0.6 is 0 Å². The molecule has 0 saturated carbocycles. The second-order valence-corrected chi connectivity index (χ2v) is 13.2. The van der Waals surface area contributed by atoms with Crippen molar-refractivity contribution >= 4 is 39.0 Å². The number of para-hydroxylation sites is 2. The Kier molecular flexibility index (Phi) is 5.23. The number of pyridine rings is 2. The van der Waals surface area contributed by atoms with Crippen LogP contribution in [0.25, 0.3) is 27.6 Å². The number of benzene rings is 4. The lowest BCUT2D eigenvalue weighted by Crippen LogP contribution is -2.31. The maximum Gasteiger partial charge on any atom is 0.141 e. The average Bonchev–Trinajstić information content (AvgIpc) is 3.38. The molecule has 0 amide bonds. The highest BCUT2D eigenvalue weighted by Gasteiger charge is 2.38. The lowest BCUT2D eigenvalue weighted by molar-refractivity contribution is 0.483. The van der Waals surface area contributed by atoms with Crippen molar-refractivity contribution in [1.29, 1.82) is 0 Å². The smallest absolute Gasteiger partial charge is 0.141 e. The monoisotopic (exact) mass is 584 g/mol. The minimum absolute atomic E-state index is 0.150. The van der Waals surface area contributed by atoms with Crippen LogP contribution in [-0.2, 0) is 10.8 Å². The van der Waals surface area contributed by atoms with E-state index in [-0.39, 0.29) is 10.8 Å². The molecule has 0 radical (unpaired) electrons. The molecule has 2 aliphatic heterocycles. The summed E-state index contributed by atoms with van der Waals surface area (Å²) in [6.45, 7) is 9.13. The first-order valence-electron chi connectivity index (χ1n) is 15.5. The number of rotatable bonds is 3. The van der Waals surface area contributed by atoms with Gasteiger partial charge in [0.05, 0.1) is 22.4 Å². The van der Waals surface area contributed by atoms with Crippen LogP contribution in [-0.4, -0.2) is 14.5 Å². The first-order valence-corrected chi connectivity index (χ1v) is 15.5. The van der Waals surface area contributed by atoms with E-state index < -0.39 is 0 Å². The van der Waals surface area contributed by atoms with Crippen LogP contribution in [0.15, 0.2) is 122 Å². The van der Waals surface area contributed by atoms with Gasteiger partial charge in [-0.05, 0) is 53.6 Å². The Hall–Kier alpha value is -5.42. The molecule has 0 saturated heterocycles. The zero-order valence-electron chi connectivity index (χ0n) is 25.7. The summed E-state index contributed by atoms with van der Waals surface area (Å²) in [6.07, 6.45) is 3.76. The second kappa shape index (κ2) is 9.05. The fraction of sp³-hybridized carbons (Fsp3) is 0.150. The van der Waals surface area contributed by atoms with Crippen molar-refractivity contribution in [2.75, 3.05) is 4.90 Å². The molecule has 2 aliphatic rings. The molecule has 0 N–H and O–H groups in total. The Bertz CT molecular complexity index is 2280. The largest absolute Gasteiger partial charge is 0.457 e. The summed E-state index contributed by atoms with van der Waals surface area (Å²) < 4.78 is 8.95. The molecule has 0 bridgehead atoms. The number of anilines is 3. The highest BCUT2D eigenvalue weighted by molar-refractivity contribution is 6.11. The van der Waals surface area contributed by atoms with E-state index in [4.69, 9.17) is 14.7 Å². The van der Waals surface area contributed by atoms with E-state index in [1.54, 1.807) is 0 Å². The summed E-state index contributed by atoms with van der Waals surface area (Å²) in [5.41, 5.74) is 9.14. The second-order valence-electron chi connectivity index (χ2n) is 13.2. The van der Waals surface area contributed by atoms with Crippen LogP contribution in [0.1, 0.15) is 49.9 Å². The van der Waals surface area contributed by atoms with Gasteiger partial charge in [0, 0.05) is 57.3 Å². The first kappa shape index (κ1) is 26.0. The van der Waals surface area contributed by atoms with Gasteiger partial charge in [-0.3, -0.25) is 9.47 Å². The molecule has 0 unspecified atom stereocenters. The lowest BCUT2D eigenvalue weighted by Gasteiger charge is -2.40. The Balaban J connectivity index is 1.17. The van der Waals surface area contributed by atoms with E-state index in [9.17, 15) is 0 Å². The summed E-state index contributed by atoms with van der Waals surface area (Å²) in [6, 6.07) is 38.4. The van der Waals surface area contributed by atoms with E-state index >= 15 is 0 Å². The Morgan fingerprint density at radius 2 is 1.22 bits per heavy atom. The summed E-state index contributed by atoms with van der Waals surface area (Å²) in [5.74, 6) is 3.48. The zero-order chi connectivity index (χ0) is 30.5. The molecule has 7 aromatic rings. The van der Waals surface area contributed by atoms with Crippen LogP contribution in [0, 0.1) is 0 Å². The van der Waals surface area contributed by atoms with Crippen molar-refractivity contribution in [3.05, 3.63) is 144 Å². The molecule has 3 aromatic heterocycles. The predicted octanol–water partition coefficient (Wildman–Crippen LogP) is 10.1. The SMILES string of the molecule is CC1(C)c2ccccc2N(c2cccc(Oc3ccc4c5cccc6c5n(c4c3)-c3ncccc3C6(C)C)c2)c2ncccc21. The van der Waals surface area contributed by atoms with E-state index in [2.05, 4.69) is 128 Å². The molecule has 5 heterocycles. The maximum atomic E-state index is 6.63. The molecule has 4 aromatic carbocycles. The number of nitrogens with zero attached hydrogens (tertiary/aromatic N) is 4. The van der Waals surface area contributed by atoms with Crippen LogP contribution in [0.5, 0.6) is 11.5 Å².